The van der Waals surface area contributed by atoms with Gasteiger partial charge in [-0.3, -0.25) is 4.79 Å². The second kappa shape index (κ2) is 6.53. The maximum absolute atomic E-state index is 12.5. The van der Waals surface area contributed by atoms with Crippen molar-refractivity contribution in [2.45, 2.75) is 27.2 Å². The number of aryl methyl sites for hydroxylation is 2. The van der Waals surface area contributed by atoms with Gasteiger partial charge in [0.05, 0.1) is 23.3 Å². The zero-order valence-corrected chi connectivity index (χ0v) is 14.5. The van der Waals surface area contributed by atoms with E-state index >= 15 is 0 Å². The van der Waals surface area contributed by atoms with Gasteiger partial charge in [0.2, 0.25) is 0 Å². The number of carbonyl (C=O) groups excluding carboxylic acids is 1. The van der Waals surface area contributed by atoms with Crippen LogP contribution >= 0.6 is 11.6 Å². The van der Waals surface area contributed by atoms with E-state index in [9.17, 15) is 4.79 Å². The van der Waals surface area contributed by atoms with Crippen molar-refractivity contribution in [3.05, 3.63) is 64.3 Å². The van der Waals surface area contributed by atoms with Gasteiger partial charge in [0.1, 0.15) is 5.76 Å². The van der Waals surface area contributed by atoms with Gasteiger partial charge in [-0.15, -0.1) is 0 Å². The highest BCUT2D eigenvalue weighted by atomic mass is 35.5. The van der Waals surface area contributed by atoms with Gasteiger partial charge in [0.25, 0.3) is 5.91 Å². The van der Waals surface area contributed by atoms with Crippen LogP contribution in [0.3, 0.4) is 0 Å². The SMILES string of the molecule is CCc1cc(C)c(C(=O)Nc2cnn(-c3cccc(Cl)c3)c2C)o1. The lowest BCUT2D eigenvalue weighted by Gasteiger charge is -2.07. The average Bonchev–Trinajstić information content (AvgIpc) is 3.11. The normalized spacial score (nSPS) is 10.8. The summed E-state index contributed by atoms with van der Waals surface area (Å²) in [7, 11) is 0. The summed E-state index contributed by atoms with van der Waals surface area (Å²) in [5.41, 5.74) is 3.10. The van der Waals surface area contributed by atoms with Gasteiger partial charge >= 0.3 is 0 Å². The fourth-order valence-electron chi connectivity index (χ4n) is 2.53. The summed E-state index contributed by atoms with van der Waals surface area (Å²) in [6, 6.07) is 9.27. The Balaban J connectivity index is 1.86. The van der Waals surface area contributed by atoms with Crippen molar-refractivity contribution in [2.75, 3.05) is 5.32 Å². The molecule has 3 aromatic rings. The molecule has 0 bridgehead atoms. The predicted molar refractivity (Wildman–Crippen MR) is 94.1 cm³/mol. The fourth-order valence-corrected chi connectivity index (χ4v) is 2.71. The minimum Gasteiger partial charge on any atom is -0.456 e. The van der Waals surface area contributed by atoms with Gasteiger partial charge in [-0.25, -0.2) is 4.68 Å². The highest BCUT2D eigenvalue weighted by Gasteiger charge is 2.18. The summed E-state index contributed by atoms with van der Waals surface area (Å²) in [5.74, 6) is 0.853. The number of furan rings is 1. The Morgan fingerprint density at radius 3 is 2.79 bits per heavy atom. The molecule has 0 aliphatic heterocycles. The van der Waals surface area contributed by atoms with Crippen molar-refractivity contribution >= 4 is 23.2 Å². The molecule has 124 valence electrons. The number of rotatable bonds is 4. The third kappa shape index (κ3) is 3.08. The van der Waals surface area contributed by atoms with Crippen molar-refractivity contribution in [3.8, 4) is 5.69 Å². The lowest BCUT2D eigenvalue weighted by atomic mass is 10.2. The molecule has 2 aromatic heterocycles. The summed E-state index contributed by atoms with van der Waals surface area (Å²) < 4.78 is 7.32. The van der Waals surface area contributed by atoms with Crippen LogP contribution in [0.4, 0.5) is 5.69 Å². The van der Waals surface area contributed by atoms with Gasteiger partial charge in [0.15, 0.2) is 5.76 Å². The fraction of sp³-hybridized carbons (Fsp3) is 0.222. The lowest BCUT2D eigenvalue weighted by Crippen LogP contribution is -2.12. The molecule has 24 heavy (non-hydrogen) atoms. The van der Waals surface area contributed by atoms with Gasteiger partial charge in [-0.1, -0.05) is 24.6 Å². The summed E-state index contributed by atoms with van der Waals surface area (Å²) in [6.07, 6.45) is 2.37. The Hall–Kier alpha value is -2.53. The Bertz CT molecular complexity index is 896. The van der Waals surface area contributed by atoms with Crippen LogP contribution in [0.1, 0.15) is 34.5 Å². The Labute approximate surface area is 145 Å². The van der Waals surface area contributed by atoms with Crippen molar-refractivity contribution in [1.82, 2.24) is 9.78 Å². The Kier molecular flexibility index (Phi) is 4.44. The molecule has 1 N–H and O–H groups in total. The van der Waals surface area contributed by atoms with Crippen molar-refractivity contribution < 1.29 is 9.21 Å². The van der Waals surface area contributed by atoms with Crippen LogP contribution in [0.15, 0.2) is 40.9 Å². The van der Waals surface area contributed by atoms with E-state index in [4.69, 9.17) is 16.0 Å². The highest BCUT2D eigenvalue weighted by molar-refractivity contribution is 6.30. The van der Waals surface area contributed by atoms with E-state index in [1.165, 1.54) is 0 Å². The largest absolute Gasteiger partial charge is 0.456 e. The van der Waals surface area contributed by atoms with E-state index in [1.807, 2.05) is 45.0 Å². The van der Waals surface area contributed by atoms with Crippen LogP contribution in [0.5, 0.6) is 0 Å². The van der Waals surface area contributed by atoms with Crippen LogP contribution in [0, 0.1) is 13.8 Å². The molecule has 0 unspecified atom stereocenters. The molecule has 0 radical (unpaired) electrons. The number of anilines is 1. The number of amides is 1. The molecule has 0 aliphatic carbocycles. The van der Waals surface area contributed by atoms with Crippen molar-refractivity contribution in [3.63, 3.8) is 0 Å². The molecule has 0 spiro atoms. The monoisotopic (exact) mass is 343 g/mol. The van der Waals surface area contributed by atoms with Crippen molar-refractivity contribution in [2.24, 2.45) is 0 Å². The number of hydrogen-bond donors (Lipinski definition) is 1. The third-order valence-corrected chi connectivity index (χ3v) is 4.07. The van der Waals surface area contributed by atoms with E-state index in [2.05, 4.69) is 10.4 Å². The smallest absolute Gasteiger partial charge is 0.291 e. The minimum atomic E-state index is -0.277. The number of nitrogens with zero attached hydrogens (tertiary/aromatic N) is 2. The highest BCUT2D eigenvalue weighted by Crippen LogP contribution is 2.22. The van der Waals surface area contributed by atoms with Gasteiger partial charge in [0, 0.05) is 17.0 Å². The molecule has 0 aliphatic rings. The summed E-state index contributed by atoms with van der Waals surface area (Å²) in [4.78, 5) is 12.5. The molecule has 0 fully saturated rings. The predicted octanol–water partition coefficient (Wildman–Crippen LogP) is 4.55. The van der Waals surface area contributed by atoms with Gasteiger partial charge in [-0.05, 0) is 38.1 Å². The first-order valence-corrected chi connectivity index (χ1v) is 8.08. The summed E-state index contributed by atoms with van der Waals surface area (Å²) in [5, 5.41) is 7.82. The molecule has 1 amide bonds. The first kappa shape index (κ1) is 16.3. The van der Waals surface area contributed by atoms with E-state index in [0.717, 1.165) is 29.1 Å². The number of nitrogens with one attached hydrogen (secondary N) is 1. The van der Waals surface area contributed by atoms with Crippen LogP contribution < -0.4 is 5.32 Å². The number of carbonyl (C=O) groups is 1. The zero-order valence-electron chi connectivity index (χ0n) is 13.8. The maximum atomic E-state index is 12.5. The van der Waals surface area contributed by atoms with Crippen LogP contribution in [0.2, 0.25) is 5.02 Å². The van der Waals surface area contributed by atoms with Crippen LogP contribution in [-0.2, 0) is 6.42 Å². The molecule has 0 saturated carbocycles. The lowest BCUT2D eigenvalue weighted by molar-refractivity contribution is 0.0994. The summed E-state index contributed by atoms with van der Waals surface area (Å²) >= 11 is 6.03. The maximum Gasteiger partial charge on any atom is 0.291 e. The molecule has 2 heterocycles. The number of benzene rings is 1. The second-order valence-corrected chi connectivity index (χ2v) is 6.00. The zero-order chi connectivity index (χ0) is 17.3. The second-order valence-electron chi connectivity index (χ2n) is 5.57. The number of aromatic nitrogens is 2. The number of hydrogen-bond acceptors (Lipinski definition) is 3. The van der Waals surface area contributed by atoms with Crippen LogP contribution in [0.25, 0.3) is 5.69 Å². The minimum absolute atomic E-state index is 0.277. The average molecular weight is 344 g/mol. The molecular formula is C18H18ClN3O2. The molecule has 5 nitrogen and oxygen atoms in total. The standard InChI is InChI=1S/C18H18ClN3O2/c1-4-15-8-11(2)17(24-15)18(23)21-16-10-20-22(12(16)3)14-7-5-6-13(19)9-14/h5-10H,4H2,1-3H3,(H,21,23). The molecule has 3 rings (SSSR count). The molecule has 6 heteroatoms. The quantitative estimate of drug-likeness (QED) is 0.756. The Morgan fingerprint density at radius 1 is 1.33 bits per heavy atom. The van der Waals surface area contributed by atoms with E-state index < -0.39 is 0 Å². The van der Waals surface area contributed by atoms with E-state index in [0.29, 0.717) is 16.5 Å². The van der Waals surface area contributed by atoms with Gasteiger partial charge in [-0.2, -0.15) is 5.10 Å². The Morgan fingerprint density at radius 2 is 2.12 bits per heavy atom. The third-order valence-electron chi connectivity index (χ3n) is 3.83. The molecule has 0 saturated heterocycles. The first-order valence-electron chi connectivity index (χ1n) is 7.70. The molecule has 0 atom stereocenters. The van der Waals surface area contributed by atoms with E-state index in [-0.39, 0.29) is 5.91 Å². The topological polar surface area (TPSA) is 60.1 Å². The first-order chi connectivity index (χ1) is 11.5. The number of halogens is 1. The van der Waals surface area contributed by atoms with E-state index in [1.54, 1.807) is 16.9 Å². The van der Waals surface area contributed by atoms with Gasteiger partial charge < -0.3 is 9.73 Å². The summed E-state index contributed by atoms with van der Waals surface area (Å²) in [6.45, 7) is 5.73. The molecular weight excluding hydrogens is 326 g/mol. The van der Waals surface area contributed by atoms with Crippen molar-refractivity contribution in [1.29, 1.82) is 0 Å². The molecule has 1 aromatic carbocycles. The van der Waals surface area contributed by atoms with Crippen LogP contribution in [-0.4, -0.2) is 15.7 Å².